The lowest BCUT2D eigenvalue weighted by atomic mass is 9.98. The van der Waals surface area contributed by atoms with Crippen molar-refractivity contribution < 1.29 is 52.7 Å². The van der Waals surface area contributed by atoms with Gasteiger partial charge in [-0.05, 0) is 100 Å². The summed E-state index contributed by atoms with van der Waals surface area (Å²) >= 11 is 0. The molecule has 0 spiro atoms. The average molecular weight is 597 g/mol. The van der Waals surface area contributed by atoms with Gasteiger partial charge >= 0.3 is 24.7 Å². The highest BCUT2D eigenvalue weighted by Crippen LogP contribution is 2.53. The number of benzene rings is 2. The highest BCUT2D eigenvalue weighted by Gasteiger charge is 2.44. The molecule has 39 heavy (non-hydrogen) atoms. The lowest BCUT2D eigenvalue weighted by Crippen LogP contribution is -2.38. The summed E-state index contributed by atoms with van der Waals surface area (Å²) in [6.07, 6.45) is -19.8. The van der Waals surface area contributed by atoms with Crippen LogP contribution < -0.4 is 10.6 Å². The van der Waals surface area contributed by atoms with E-state index >= 15 is 0 Å². The van der Waals surface area contributed by atoms with Gasteiger partial charge in [-0.15, -0.1) is 0 Å². The van der Waals surface area contributed by atoms with Gasteiger partial charge in [0, 0.05) is 6.04 Å². The Bertz CT molecular complexity index is 1020. The van der Waals surface area contributed by atoms with Crippen molar-refractivity contribution in [2.24, 2.45) is 5.92 Å². The van der Waals surface area contributed by atoms with Crippen molar-refractivity contribution in [1.29, 1.82) is 0 Å². The molecule has 0 bridgehead atoms. The van der Waals surface area contributed by atoms with Gasteiger partial charge in [0.1, 0.15) is 0 Å². The van der Waals surface area contributed by atoms with Gasteiger partial charge in [0.25, 0.3) is 0 Å². The van der Waals surface area contributed by atoms with Crippen LogP contribution in [-0.4, -0.2) is 30.7 Å². The van der Waals surface area contributed by atoms with Gasteiger partial charge in [0.05, 0.1) is 22.3 Å². The van der Waals surface area contributed by atoms with Crippen molar-refractivity contribution in [3.05, 3.63) is 58.7 Å². The van der Waals surface area contributed by atoms with Crippen LogP contribution in [0.25, 0.3) is 0 Å². The maximum Gasteiger partial charge on any atom is 0.416 e. The molecule has 1 saturated carbocycles. The number of halogens is 12. The third-order valence-corrected chi connectivity index (χ3v) is 9.93. The van der Waals surface area contributed by atoms with Crippen LogP contribution in [0.5, 0.6) is 0 Å². The summed E-state index contributed by atoms with van der Waals surface area (Å²) in [6, 6.07) is 1.16. The Kier molecular flexibility index (Phi) is 8.70. The largest absolute Gasteiger partial charge is 0.416 e. The van der Waals surface area contributed by atoms with E-state index in [0.29, 0.717) is 37.1 Å². The Morgan fingerprint density at radius 3 is 1.23 bits per heavy atom. The van der Waals surface area contributed by atoms with Crippen molar-refractivity contribution in [1.82, 2.24) is 4.90 Å². The second-order valence-corrected chi connectivity index (χ2v) is 12.2. The summed E-state index contributed by atoms with van der Waals surface area (Å²) in [7, 11) is 0.833. The Balaban J connectivity index is 2.40. The van der Waals surface area contributed by atoms with Gasteiger partial charge < -0.3 is 4.90 Å². The summed E-state index contributed by atoms with van der Waals surface area (Å²) in [5.41, 5.74) is -7.50. The Morgan fingerprint density at radius 1 is 0.615 bits per heavy atom. The van der Waals surface area contributed by atoms with Crippen LogP contribution in [0.15, 0.2) is 36.4 Å². The molecule has 0 aliphatic heterocycles. The SMILES string of the molecule is C[C@H](C1CCCC1P(c1cc(C(F)(F)F)cc(C(F)(F)F)c1)c1cc(C(F)(F)F)cc(C(F)(F)F)c1)N(C)C. The quantitative estimate of drug-likeness (QED) is 0.248. The molecule has 3 atom stereocenters. The van der Waals surface area contributed by atoms with Gasteiger partial charge in [-0.2, -0.15) is 52.7 Å². The van der Waals surface area contributed by atoms with Crippen LogP contribution >= 0.6 is 7.92 Å². The second kappa shape index (κ2) is 10.8. The summed E-state index contributed by atoms with van der Waals surface area (Å²) in [4.78, 5) is 1.75. The van der Waals surface area contributed by atoms with E-state index in [1.165, 1.54) is 0 Å². The van der Waals surface area contributed by atoms with Crippen LogP contribution in [0.1, 0.15) is 48.4 Å². The minimum absolute atomic E-state index is 0.112. The van der Waals surface area contributed by atoms with E-state index in [2.05, 4.69) is 0 Å². The van der Waals surface area contributed by atoms with Gasteiger partial charge in [0.2, 0.25) is 0 Å². The fourth-order valence-corrected chi connectivity index (χ4v) is 8.32. The van der Waals surface area contributed by atoms with E-state index in [1.54, 1.807) is 25.9 Å². The first kappa shape index (κ1) is 31.5. The number of nitrogens with zero attached hydrogens (tertiary/aromatic N) is 1. The molecule has 3 rings (SSSR count). The average Bonchev–Trinajstić information content (AvgIpc) is 3.25. The molecule has 14 heteroatoms. The highest BCUT2D eigenvalue weighted by molar-refractivity contribution is 7.73. The standard InChI is InChI=1S/C25H24F12NP/c1-13(38(2)3)20-5-4-6-21(20)39(18-9-14(22(26,27)28)7-15(10-18)23(29,30)31)19-11-16(24(32,33)34)8-17(12-19)25(35,36)37/h7-13,20-21H,4-6H2,1-3H3/t13-,20?,21?/m1/s1. The van der Waals surface area contributed by atoms with E-state index in [1.807, 2.05) is 0 Å². The lowest BCUT2D eigenvalue weighted by Gasteiger charge is -2.36. The highest BCUT2D eigenvalue weighted by atomic mass is 31.1. The summed E-state index contributed by atoms with van der Waals surface area (Å²) in [5, 5.41) is -1.16. The number of hydrogen-bond donors (Lipinski definition) is 0. The monoisotopic (exact) mass is 597 g/mol. The van der Waals surface area contributed by atoms with E-state index < -0.39 is 77.1 Å². The van der Waals surface area contributed by atoms with Crippen molar-refractivity contribution >= 4 is 18.5 Å². The molecule has 1 fully saturated rings. The van der Waals surface area contributed by atoms with Crippen molar-refractivity contribution in [2.45, 2.75) is 62.6 Å². The van der Waals surface area contributed by atoms with Crippen molar-refractivity contribution in [2.75, 3.05) is 14.1 Å². The van der Waals surface area contributed by atoms with Gasteiger partial charge in [0.15, 0.2) is 0 Å². The normalized spacial score (nSPS) is 20.2. The molecule has 2 unspecified atom stereocenters. The van der Waals surface area contributed by atoms with E-state index in [-0.39, 0.29) is 24.6 Å². The van der Waals surface area contributed by atoms with E-state index in [4.69, 9.17) is 0 Å². The van der Waals surface area contributed by atoms with Gasteiger partial charge in [-0.3, -0.25) is 0 Å². The third kappa shape index (κ3) is 7.20. The third-order valence-electron chi connectivity index (χ3n) is 7.00. The summed E-state index contributed by atoms with van der Waals surface area (Å²) in [6.45, 7) is 1.75. The Labute approximate surface area is 217 Å². The Morgan fingerprint density at radius 2 is 0.949 bits per heavy atom. The zero-order valence-corrected chi connectivity index (χ0v) is 21.6. The predicted octanol–water partition coefficient (Wildman–Crippen LogP) is 8.31. The maximum absolute atomic E-state index is 13.7. The second-order valence-electron chi connectivity index (χ2n) is 9.76. The zero-order chi connectivity index (χ0) is 29.7. The maximum atomic E-state index is 13.7. The first-order valence-electron chi connectivity index (χ1n) is 11.7. The van der Waals surface area contributed by atoms with E-state index in [0.717, 1.165) is 0 Å². The minimum atomic E-state index is -5.24. The van der Waals surface area contributed by atoms with Gasteiger partial charge in [-0.1, -0.05) is 6.42 Å². The molecule has 0 saturated heterocycles. The topological polar surface area (TPSA) is 3.24 Å². The van der Waals surface area contributed by atoms with Crippen LogP contribution in [-0.2, 0) is 24.7 Å². The molecular formula is C25H24F12NP. The smallest absolute Gasteiger partial charge is 0.306 e. The fourth-order valence-electron chi connectivity index (χ4n) is 4.92. The molecule has 0 amide bonds. The molecule has 1 nitrogen and oxygen atoms in total. The zero-order valence-electron chi connectivity index (χ0n) is 20.7. The van der Waals surface area contributed by atoms with Gasteiger partial charge in [-0.25, -0.2) is 0 Å². The van der Waals surface area contributed by atoms with Crippen LogP contribution in [0.4, 0.5) is 52.7 Å². The molecule has 0 radical (unpaired) electrons. The number of rotatable bonds is 5. The molecule has 2 aromatic carbocycles. The molecule has 218 valence electrons. The number of alkyl halides is 12. The van der Waals surface area contributed by atoms with Crippen molar-refractivity contribution in [3.8, 4) is 0 Å². The predicted molar refractivity (Wildman–Crippen MR) is 123 cm³/mol. The molecule has 0 N–H and O–H groups in total. The molecule has 1 aliphatic carbocycles. The van der Waals surface area contributed by atoms with Crippen LogP contribution in [0.3, 0.4) is 0 Å². The molecular weight excluding hydrogens is 573 g/mol. The molecule has 1 aliphatic rings. The molecule has 2 aromatic rings. The minimum Gasteiger partial charge on any atom is -0.306 e. The molecule has 0 aromatic heterocycles. The van der Waals surface area contributed by atoms with Crippen molar-refractivity contribution in [3.63, 3.8) is 0 Å². The van der Waals surface area contributed by atoms with Crippen LogP contribution in [0.2, 0.25) is 0 Å². The number of hydrogen-bond acceptors (Lipinski definition) is 1. The summed E-state index contributed by atoms with van der Waals surface area (Å²) in [5.74, 6) is -0.404. The lowest BCUT2D eigenvalue weighted by molar-refractivity contribution is -0.144. The fraction of sp³-hybridized carbons (Fsp3) is 0.520. The van der Waals surface area contributed by atoms with Crippen LogP contribution in [0, 0.1) is 5.92 Å². The summed E-state index contributed by atoms with van der Waals surface area (Å²) < 4.78 is 164. The Hall–Kier alpha value is -2.01. The first-order chi connectivity index (χ1) is 17.6. The van der Waals surface area contributed by atoms with E-state index in [9.17, 15) is 52.7 Å². The molecule has 0 heterocycles. The first-order valence-corrected chi connectivity index (χ1v) is 13.1.